The maximum absolute atomic E-state index is 12.2. The Morgan fingerprint density at radius 1 is 1.21 bits per heavy atom. The van der Waals surface area contributed by atoms with Gasteiger partial charge >= 0.3 is 0 Å². The average Bonchev–Trinajstić information content (AvgIpc) is 3.10. The molecule has 0 unspecified atom stereocenters. The van der Waals surface area contributed by atoms with Crippen molar-refractivity contribution < 1.29 is 18.9 Å². The summed E-state index contributed by atoms with van der Waals surface area (Å²) in [6, 6.07) is 8.49. The molecular weight excluding hydrogens is 310 g/mol. The monoisotopic (exact) mass is 327 g/mol. The zero-order valence-corrected chi connectivity index (χ0v) is 13.2. The largest absolute Gasteiger partial charge is 0.361 e. The first kappa shape index (κ1) is 15.9. The number of aromatic nitrogens is 1. The zero-order valence-electron chi connectivity index (χ0n) is 13.2. The predicted octanol–water partition coefficient (Wildman–Crippen LogP) is 1.68. The van der Waals surface area contributed by atoms with Crippen molar-refractivity contribution >= 4 is 17.7 Å². The molecule has 2 heterocycles. The minimum absolute atomic E-state index is 0.160. The van der Waals surface area contributed by atoms with E-state index in [0.29, 0.717) is 35.5 Å². The van der Waals surface area contributed by atoms with E-state index >= 15 is 0 Å². The van der Waals surface area contributed by atoms with E-state index in [4.69, 9.17) is 4.52 Å². The van der Waals surface area contributed by atoms with E-state index in [1.165, 1.54) is 4.90 Å². The van der Waals surface area contributed by atoms with Gasteiger partial charge in [0.2, 0.25) is 5.91 Å². The van der Waals surface area contributed by atoms with E-state index < -0.39 is 0 Å². The predicted molar refractivity (Wildman–Crippen MR) is 84.1 cm³/mol. The van der Waals surface area contributed by atoms with Crippen LogP contribution in [0.5, 0.6) is 0 Å². The topological polar surface area (TPSA) is 92.5 Å². The van der Waals surface area contributed by atoms with Crippen molar-refractivity contribution in [3.05, 3.63) is 52.9 Å². The fraction of sp³-hybridized carbons (Fsp3) is 0.294. The van der Waals surface area contributed by atoms with Gasteiger partial charge in [0.25, 0.3) is 11.8 Å². The lowest BCUT2D eigenvalue weighted by atomic mass is 10.1. The van der Waals surface area contributed by atoms with Crippen LogP contribution in [0.2, 0.25) is 0 Å². The highest BCUT2D eigenvalue weighted by molar-refractivity contribution is 6.21. The Morgan fingerprint density at radius 3 is 2.46 bits per heavy atom. The summed E-state index contributed by atoms with van der Waals surface area (Å²) in [7, 11) is 0. The summed E-state index contributed by atoms with van der Waals surface area (Å²) in [4.78, 5) is 37.4. The highest BCUT2D eigenvalue weighted by atomic mass is 16.5. The van der Waals surface area contributed by atoms with Crippen molar-refractivity contribution in [2.75, 3.05) is 6.54 Å². The number of hydrogen-bond acceptors (Lipinski definition) is 5. The molecule has 7 nitrogen and oxygen atoms in total. The second kappa shape index (κ2) is 6.66. The van der Waals surface area contributed by atoms with Gasteiger partial charge in [0, 0.05) is 19.0 Å². The highest BCUT2D eigenvalue weighted by Gasteiger charge is 2.34. The highest BCUT2D eigenvalue weighted by Crippen LogP contribution is 2.22. The standard InChI is InChI=1S/C17H17N3O4/c1-11-9-12(19-24-11)10-18-15(21)7-4-8-20-16(22)13-5-2-3-6-14(13)17(20)23/h2-3,5-6,9H,4,7-8,10H2,1H3,(H,18,21). The summed E-state index contributed by atoms with van der Waals surface area (Å²) < 4.78 is 4.92. The minimum Gasteiger partial charge on any atom is -0.361 e. The molecule has 7 heteroatoms. The van der Waals surface area contributed by atoms with Crippen LogP contribution in [0.15, 0.2) is 34.9 Å². The fourth-order valence-corrected chi connectivity index (χ4v) is 2.62. The van der Waals surface area contributed by atoms with Gasteiger partial charge in [-0.3, -0.25) is 19.3 Å². The van der Waals surface area contributed by atoms with E-state index in [-0.39, 0.29) is 30.7 Å². The Kier molecular flexibility index (Phi) is 4.41. The van der Waals surface area contributed by atoms with Gasteiger partial charge in [0.15, 0.2) is 0 Å². The van der Waals surface area contributed by atoms with Crippen LogP contribution in [0.4, 0.5) is 0 Å². The second-order valence-corrected chi connectivity index (χ2v) is 5.62. The number of amides is 3. The van der Waals surface area contributed by atoms with Crippen molar-refractivity contribution in [2.45, 2.75) is 26.3 Å². The normalized spacial score (nSPS) is 13.3. The molecule has 0 fully saturated rings. The molecule has 0 atom stereocenters. The summed E-state index contributed by atoms with van der Waals surface area (Å²) in [5, 5.41) is 6.51. The van der Waals surface area contributed by atoms with Gasteiger partial charge in [0.1, 0.15) is 11.5 Å². The Balaban J connectivity index is 1.46. The van der Waals surface area contributed by atoms with Crippen molar-refractivity contribution in [1.29, 1.82) is 0 Å². The molecule has 124 valence electrons. The molecule has 0 radical (unpaired) electrons. The van der Waals surface area contributed by atoms with Gasteiger partial charge < -0.3 is 9.84 Å². The number of rotatable bonds is 6. The van der Waals surface area contributed by atoms with E-state index in [0.717, 1.165) is 0 Å². The molecule has 3 rings (SSSR count). The molecule has 0 spiro atoms. The van der Waals surface area contributed by atoms with Crippen LogP contribution >= 0.6 is 0 Å². The van der Waals surface area contributed by atoms with Gasteiger partial charge in [-0.15, -0.1) is 0 Å². The summed E-state index contributed by atoms with van der Waals surface area (Å²) in [6.07, 6.45) is 0.638. The second-order valence-electron chi connectivity index (χ2n) is 5.62. The Bertz CT molecular complexity index is 762. The summed E-state index contributed by atoms with van der Waals surface area (Å²) in [5.41, 5.74) is 1.50. The van der Waals surface area contributed by atoms with Crippen LogP contribution in [0.1, 0.15) is 45.0 Å². The quantitative estimate of drug-likeness (QED) is 0.815. The Morgan fingerprint density at radius 2 is 1.88 bits per heavy atom. The van der Waals surface area contributed by atoms with E-state index in [9.17, 15) is 14.4 Å². The fourth-order valence-electron chi connectivity index (χ4n) is 2.62. The molecule has 0 saturated carbocycles. The van der Waals surface area contributed by atoms with Crippen molar-refractivity contribution in [3.63, 3.8) is 0 Å². The number of nitrogens with one attached hydrogen (secondary N) is 1. The molecule has 3 amide bonds. The lowest BCUT2D eigenvalue weighted by Gasteiger charge is -2.13. The van der Waals surface area contributed by atoms with Crippen molar-refractivity contribution in [3.8, 4) is 0 Å². The maximum Gasteiger partial charge on any atom is 0.261 e. The van der Waals surface area contributed by atoms with E-state index in [1.807, 2.05) is 0 Å². The third-order valence-corrected chi connectivity index (χ3v) is 3.81. The average molecular weight is 327 g/mol. The smallest absolute Gasteiger partial charge is 0.261 e. The van der Waals surface area contributed by atoms with Crippen LogP contribution in [-0.2, 0) is 11.3 Å². The lowest BCUT2D eigenvalue weighted by Crippen LogP contribution is -2.32. The number of benzene rings is 1. The molecule has 1 aromatic carbocycles. The molecule has 0 bridgehead atoms. The van der Waals surface area contributed by atoms with E-state index in [2.05, 4.69) is 10.5 Å². The first-order valence-electron chi connectivity index (χ1n) is 7.70. The van der Waals surface area contributed by atoms with Crippen molar-refractivity contribution in [1.82, 2.24) is 15.4 Å². The van der Waals surface area contributed by atoms with Crippen LogP contribution in [0.3, 0.4) is 0 Å². The van der Waals surface area contributed by atoms with Crippen LogP contribution in [0.25, 0.3) is 0 Å². The van der Waals surface area contributed by atoms with Gasteiger partial charge in [-0.05, 0) is 25.5 Å². The number of imide groups is 1. The first-order valence-corrected chi connectivity index (χ1v) is 7.70. The SMILES string of the molecule is Cc1cc(CNC(=O)CCCN2C(=O)c3ccccc3C2=O)no1. The van der Waals surface area contributed by atoms with Gasteiger partial charge in [0.05, 0.1) is 17.7 Å². The molecule has 0 aliphatic carbocycles. The van der Waals surface area contributed by atoms with Gasteiger partial charge in [-0.25, -0.2) is 0 Å². The molecule has 2 aromatic rings. The molecule has 24 heavy (non-hydrogen) atoms. The Hall–Kier alpha value is -2.96. The third kappa shape index (κ3) is 3.19. The summed E-state index contributed by atoms with van der Waals surface area (Å²) in [5.74, 6) is -0.0692. The maximum atomic E-state index is 12.2. The molecule has 1 aliphatic rings. The number of nitrogens with zero attached hydrogens (tertiary/aromatic N) is 2. The molecule has 1 aromatic heterocycles. The molecular formula is C17H17N3O4. The van der Waals surface area contributed by atoms with Crippen LogP contribution in [-0.4, -0.2) is 34.3 Å². The summed E-state index contributed by atoms with van der Waals surface area (Å²) >= 11 is 0. The van der Waals surface area contributed by atoms with Gasteiger partial charge in [-0.2, -0.15) is 0 Å². The van der Waals surface area contributed by atoms with Gasteiger partial charge in [-0.1, -0.05) is 17.3 Å². The number of fused-ring (bicyclic) bond motifs is 1. The first-order chi connectivity index (χ1) is 11.6. The number of hydrogen-bond donors (Lipinski definition) is 1. The number of carbonyl (C=O) groups excluding carboxylic acids is 3. The molecule has 1 N–H and O–H groups in total. The number of aryl methyl sites for hydroxylation is 1. The summed E-state index contributed by atoms with van der Waals surface area (Å²) in [6.45, 7) is 2.30. The minimum atomic E-state index is -0.297. The van der Waals surface area contributed by atoms with E-state index in [1.54, 1.807) is 37.3 Å². The molecule has 0 saturated heterocycles. The number of carbonyl (C=O) groups is 3. The van der Waals surface area contributed by atoms with Crippen molar-refractivity contribution in [2.24, 2.45) is 0 Å². The van der Waals surface area contributed by atoms with Crippen LogP contribution in [0, 0.1) is 6.92 Å². The van der Waals surface area contributed by atoms with Crippen LogP contribution < -0.4 is 5.32 Å². The Labute approximate surface area is 138 Å². The third-order valence-electron chi connectivity index (χ3n) is 3.81. The molecule has 1 aliphatic heterocycles. The lowest BCUT2D eigenvalue weighted by molar-refractivity contribution is -0.121. The zero-order chi connectivity index (χ0) is 17.1.